The highest BCUT2D eigenvalue weighted by Crippen LogP contribution is 2.36. The second-order valence-corrected chi connectivity index (χ2v) is 8.85. The average Bonchev–Trinajstić information content (AvgIpc) is 3.34. The minimum Gasteiger partial charge on any atom is -0.251 e. The second-order valence-electron chi connectivity index (χ2n) is 6.39. The fourth-order valence-corrected chi connectivity index (χ4v) is 5.03. The Morgan fingerprint density at radius 1 is 1.14 bits per heavy atom. The van der Waals surface area contributed by atoms with Crippen molar-refractivity contribution in [1.82, 2.24) is 34.6 Å². The number of thioether (sulfide) groups is 1. The molecule has 28 heavy (non-hydrogen) atoms. The Morgan fingerprint density at radius 2 is 2.04 bits per heavy atom. The lowest BCUT2D eigenvalue weighted by atomic mass is 10.1. The fourth-order valence-electron chi connectivity index (χ4n) is 3.20. The Kier molecular flexibility index (Phi) is 4.13. The Balaban J connectivity index is 1.78. The van der Waals surface area contributed by atoms with Crippen molar-refractivity contribution in [2.24, 2.45) is 7.05 Å². The van der Waals surface area contributed by atoms with Gasteiger partial charge in [-0.15, -0.1) is 10.2 Å². The zero-order chi connectivity index (χ0) is 19.3. The van der Waals surface area contributed by atoms with Gasteiger partial charge in [-0.3, -0.25) is 4.98 Å². The standard InChI is InChI=1S/C19H17N7S2/c1-4-27-19-23-26-17(14-7-5-6-11(2)20-14)16(21-18(26)28-19)12-8-9-13-15(10-12)25(3)24-22-13/h5-10H,4H2,1-3H3. The molecule has 1 aromatic carbocycles. The first-order valence-electron chi connectivity index (χ1n) is 8.90. The summed E-state index contributed by atoms with van der Waals surface area (Å²) in [5.41, 5.74) is 6.43. The highest BCUT2D eigenvalue weighted by atomic mass is 32.2. The van der Waals surface area contributed by atoms with E-state index >= 15 is 0 Å². The molecule has 9 heteroatoms. The lowest BCUT2D eigenvalue weighted by molar-refractivity contribution is 0.736. The molecule has 0 atom stereocenters. The third-order valence-electron chi connectivity index (χ3n) is 4.47. The molecule has 0 N–H and O–H groups in total. The summed E-state index contributed by atoms with van der Waals surface area (Å²) in [5.74, 6) is 0.978. The lowest BCUT2D eigenvalue weighted by Crippen LogP contribution is -1.95. The van der Waals surface area contributed by atoms with E-state index in [4.69, 9.17) is 15.1 Å². The van der Waals surface area contributed by atoms with Gasteiger partial charge in [0.25, 0.3) is 0 Å². The Bertz CT molecular complexity index is 1310. The van der Waals surface area contributed by atoms with Crippen molar-refractivity contribution < 1.29 is 0 Å². The van der Waals surface area contributed by atoms with Gasteiger partial charge in [0.15, 0.2) is 4.34 Å². The molecule has 0 amide bonds. The van der Waals surface area contributed by atoms with Crippen molar-refractivity contribution in [3.05, 3.63) is 42.1 Å². The van der Waals surface area contributed by atoms with E-state index in [-0.39, 0.29) is 0 Å². The van der Waals surface area contributed by atoms with Gasteiger partial charge in [-0.05, 0) is 36.9 Å². The number of imidazole rings is 1. The molecular weight excluding hydrogens is 390 g/mol. The minimum absolute atomic E-state index is 0.863. The monoisotopic (exact) mass is 407 g/mol. The number of nitrogens with zero attached hydrogens (tertiary/aromatic N) is 7. The van der Waals surface area contributed by atoms with Gasteiger partial charge in [0.2, 0.25) is 4.96 Å². The summed E-state index contributed by atoms with van der Waals surface area (Å²) in [6.07, 6.45) is 0. The number of aromatic nitrogens is 7. The van der Waals surface area contributed by atoms with Crippen molar-refractivity contribution >= 4 is 39.1 Å². The summed E-state index contributed by atoms with van der Waals surface area (Å²) in [4.78, 5) is 10.5. The Hall–Kier alpha value is -2.78. The fraction of sp³-hybridized carbons (Fsp3) is 0.211. The van der Waals surface area contributed by atoms with Crippen LogP contribution in [-0.2, 0) is 7.05 Å². The number of rotatable bonds is 4. The van der Waals surface area contributed by atoms with E-state index in [9.17, 15) is 0 Å². The predicted octanol–water partition coefficient (Wildman–Crippen LogP) is 4.22. The highest BCUT2D eigenvalue weighted by molar-refractivity contribution is 8.01. The van der Waals surface area contributed by atoms with Crippen molar-refractivity contribution in [2.75, 3.05) is 5.75 Å². The largest absolute Gasteiger partial charge is 0.251 e. The van der Waals surface area contributed by atoms with Gasteiger partial charge >= 0.3 is 0 Å². The van der Waals surface area contributed by atoms with Gasteiger partial charge in [-0.25, -0.2) is 9.67 Å². The molecule has 7 nitrogen and oxygen atoms in total. The molecule has 0 aliphatic heterocycles. The molecule has 0 bridgehead atoms. The number of benzene rings is 1. The van der Waals surface area contributed by atoms with Gasteiger partial charge in [-0.1, -0.05) is 47.4 Å². The van der Waals surface area contributed by atoms with Crippen LogP contribution < -0.4 is 0 Å². The van der Waals surface area contributed by atoms with Crippen molar-refractivity contribution in [3.8, 4) is 22.6 Å². The van der Waals surface area contributed by atoms with Crippen LogP contribution in [0.3, 0.4) is 0 Å². The van der Waals surface area contributed by atoms with E-state index in [0.717, 1.165) is 54.4 Å². The van der Waals surface area contributed by atoms with Crippen LogP contribution in [0.15, 0.2) is 40.7 Å². The third-order valence-corrected chi connectivity index (χ3v) is 6.39. The van der Waals surface area contributed by atoms with Gasteiger partial charge in [-0.2, -0.15) is 4.52 Å². The first-order valence-corrected chi connectivity index (χ1v) is 10.7. The number of hydrogen-bond acceptors (Lipinski definition) is 7. The van der Waals surface area contributed by atoms with Gasteiger partial charge in [0, 0.05) is 18.3 Å². The smallest absolute Gasteiger partial charge is 0.214 e. The number of fused-ring (bicyclic) bond motifs is 2. The molecule has 0 spiro atoms. The summed E-state index contributed by atoms with van der Waals surface area (Å²) in [6.45, 7) is 4.12. The van der Waals surface area contributed by atoms with Crippen LogP contribution in [0.2, 0.25) is 0 Å². The lowest BCUT2D eigenvalue weighted by Gasteiger charge is -2.05. The Morgan fingerprint density at radius 3 is 2.86 bits per heavy atom. The molecule has 0 fully saturated rings. The molecule has 0 radical (unpaired) electrons. The summed E-state index contributed by atoms with van der Waals surface area (Å²) in [5, 5.41) is 13.1. The van der Waals surface area contributed by atoms with Crippen LogP contribution in [0, 0.1) is 6.92 Å². The van der Waals surface area contributed by atoms with Gasteiger partial charge in [0.1, 0.15) is 16.9 Å². The van der Waals surface area contributed by atoms with Crippen LogP contribution in [0.1, 0.15) is 12.6 Å². The molecular formula is C19H17N7S2. The first kappa shape index (κ1) is 17.3. The molecule has 0 saturated carbocycles. The van der Waals surface area contributed by atoms with E-state index in [1.807, 2.05) is 48.8 Å². The SMILES string of the molecule is CCSc1nn2c(-c3cccc(C)n3)c(-c3ccc4nnn(C)c4c3)nc2s1. The van der Waals surface area contributed by atoms with E-state index in [1.54, 1.807) is 27.8 Å². The zero-order valence-corrected chi connectivity index (χ0v) is 17.3. The maximum absolute atomic E-state index is 4.93. The molecule has 5 rings (SSSR count). The summed E-state index contributed by atoms with van der Waals surface area (Å²) < 4.78 is 4.71. The molecule has 5 aromatic rings. The minimum atomic E-state index is 0.863. The predicted molar refractivity (Wildman–Crippen MR) is 113 cm³/mol. The van der Waals surface area contributed by atoms with Crippen LogP contribution >= 0.6 is 23.1 Å². The molecule has 0 unspecified atom stereocenters. The second kappa shape index (κ2) is 6.68. The normalized spacial score (nSPS) is 11.7. The number of aryl methyl sites for hydroxylation is 2. The van der Waals surface area contributed by atoms with Gasteiger partial charge in [0.05, 0.1) is 11.2 Å². The number of hydrogen-bond donors (Lipinski definition) is 0. The topological polar surface area (TPSA) is 73.8 Å². The molecule has 4 aromatic heterocycles. The third kappa shape index (κ3) is 2.78. The molecule has 140 valence electrons. The maximum atomic E-state index is 4.93. The maximum Gasteiger partial charge on any atom is 0.214 e. The first-order chi connectivity index (χ1) is 13.6. The van der Waals surface area contributed by atoms with Crippen molar-refractivity contribution in [2.45, 2.75) is 18.2 Å². The van der Waals surface area contributed by atoms with Gasteiger partial charge < -0.3 is 0 Å². The van der Waals surface area contributed by atoms with Crippen LogP contribution in [0.5, 0.6) is 0 Å². The molecule has 0 aliphatic carbocycles. The zero-order valence-electron chi connectivity index (χ0n) is 15.6. The summed E-state index contributed by atoms with van der Waals surface area (Å²) >= 11 is 3.33. The molecule has 0 aliphatic rings. The van der Waals surface area contributed by atoms with Crippen molar-refractivity contribution in [3.63, 3.8) is 0 Å². The Labute approximate surface area is 169 Å². The van der Waals surface area contributed by atoms with E-state index < -0.39 is 0 Å². The van der Waals surface area contributed by atoms with Crippen LogP contribution in [0.4, 0.5) is 0 Å². The van der Waals surface area contributed by atoms with Crippen molar-refractivity contribution in [1.29, 1.82) is 0 Å². The van der Waals surface area contributed by atoms with Crippen LogP contribution in [-0.4, -0.2) is 40.3 Å². The quantitative estimate of drug-likeness (QED) is 0.415. The van der Waals surface area contributed by atoms with E-state index in [2.05, 4.69) is 23.3 Å². The number of pyridine rings is 1. The van der Waals surface area contributed by atoms with E-state index in [0.29, 0.717) is 0 Å². The summed E-state index contributed by atoms with van der Waals surface area (Å²) in [7, 11) is 1.89. The molecule has 0 saturated heterocycles. The highest BCUT2D eigenvalue weighted by Gasteiger charge is 2.21. The van der Waals surface area contributed by atoms with Crippen LogP contribution in [0.25, 0.3) is 38.6 Å². The molecule has 4 heterocycles. The average molecular weight is 408 g/mol. The summed E-state index contributed by atoms with van der Waals surface area (Å²) in [6, 6.07) is 12.1. The van der Waals surface area contributed by atoms with E-state index in [1.165, 1.54) is 0 Å².